The van der Waals surface area contributed by atoms with Crippen molar-refractivity contribution in [3.8, 4) is 51.0 Å². The van der Waals surface area contributed by atoms with E-state index in [1.54, 1.807) is 0 Å². The number of hydrogen-bond acceptors (Lipinski definition) is 4. The summed E-state index contributed by atoms with van der Waals surface area (Å²) < 4.78 is 2.25. The minimum absolute atomic E-state index is 0.366. The van der Waals surface area contributed by atoms with E-state index in [1.165, 1.54) is 33.5 Å². The third-order valence-electron chi connectivity index (χ3n) is 11.8. The smallest absolute Gasteiger partial charge is 0.238 e. The van der Waals surface area contributed by atoms with Gasteiger partial charge in [0, 0.05) is 33.0 Å². The summed E-state index contributed by atoms with van der Waals surface area (Å²) >= 11 is 0. The van der Waals surface area contributed by atoms with Gasteiger partial charge in [-0.1, -0.05) is 166 Å². The Morgan fingerprint density at radius 3 is 1.42 bits per heavy atom. The minimum atomic E-state index is -0.366. The van der Waals surface area contributed by atoms with E-state index in [2.05, 4.69) is 187 Å². The van der Waals surface area contributed by atoms with Gasteiger partial charge in [0.15, 0.2) is 11.6 Å². The van der Waals surface area contributed by atoms with Crippen LogP contribution in [0.25, 0.3) is 72.8 Å². The molecule has 3 heterocycles. The molecule has 0 amide bonds. The van der Waals surface area contributed by atoms with Gasteiger partial charge in [-0.05, 0) is 81.9 Å². The third kappa shape index (κ3) is 5.81. The molecule has 11 rings (SSSR count). The molecule has 0 unspecified atom stereocenters. The molecule has 0 atom stereocenters. The molecular formula is C54H39N5. The van der Waals surface area contributed by atoms with Gasteiger partial charge in [-0.25, -0.2) is 4.98 Å². The fourth-order valence-electron chi connectivity index (χ4n) is 8.83. The third-order valence-corrected chi connectivity index (χ3v) is 11.8. The van der Waals surface area contributed by atoms with Crippen molar-refractivity contribution in [2.75, 3.05) is 4.90 Å². The molecule has 0 saturated heterocycles. The monoisotopic (exact) mass is 757 g/mol. The lowest BCUT2D eigenvalue weighted by Crippen LogP contribution is -2.30. The summed E-state index contributed by atoms with van der Waals surface area (Å²) in [5.41, 5.74) is 14.2. The van der Waals surface area contributed by atoms with E-state index in [-0.39, 0.29) is 5.41 Å². The highest BCUT2D eigenvalue weighted by atomic mass is 15.2. The van der Waals surface area contributed by atoms with Crippen LogP contribution in [-0.4, -0.2) is 19.5 Å². The van der Waals surface area contributed by atoms with Crippen LogP contribution >= 0.6 is 0 Å². The first kappa shape index (κ1) is 34.6. The quantitative estimate of drug-likeness (QED) is 0.169. The maximum Gasteiger partial charge on any atom is 0.238 e. The second kappa shape index (κ2) is 13.8. The number of hydrogen-bond donors (Lipinski definition) is 0. The molecule has 0 bridgehead atoms. The van der Waals surface area contributed by atoms with Gasteiger partial charge in [-0.2, -0.15) is 9.97 Å². The van der Waals surface area contributed by atoms with Crippen LogP contribution in [0.15, 0.2) is 200 Å². The molecule has 0 saturated carbocycles. The van der Waals surface area contributed by atoms with Gasteiger partial charge in [0.1, 0.15) is 0 Å². The van der Waals surface area contributed by atoms with E-state index in [1.807, 2.05) is 36.4 Å². The van der Waals surface area contributed by atoms with Gasteiger partial charge in [-0.15, -0.1) is 0 Å². The van der Waals surface area contributed by atoms with Crippen LogP contribution < -0.4 is 4.90 Å². The van der Waals surface area contributed by atoms with Crippen LogP contribution in [0.5, 0.6) is 0 Å². The van der Waals surface area contributed by atoms with Crippen molar-refractivity contribution < 1.29 is 0 Å². The predicted octanol–water partition coefficient (Wildman–Crippen LogP) is 13.7. The van der Waals surface area contributed by atoms with Crippen molar-refractivity contribution in [1.82, 2.24) is 19.5 Å². The van der Waals surface area contributed by atoms with Crippen LogP contribution in [0.1, 0.15) is 25.0 Å². The summed E-state index contributed by atoms with van der Waals surface area (Å²) in [4.78, 5) is 18.0. The molecule has 59 heavy (non-hydrogen) atoms. The molecule has 2 aromatic heterocycles. The molecule has 5 nitrogen and oxygen atoms in total. The zero-order chi connectivity index (χ0) is 39.5. The van der Waals surface area contributed by atoms with Gasteiger partial charge >= 0.3 is 0 Å². The molecular weight excluding hydrogens is 719 g/mol. The van der Waals surface area contributed by atoms with E-state index in [0.29, 0.717) is 17.6 Å². The first-order valence-corrected chi connectivity index (χ1v) is 20.1. The Morgan fingerprint density at radius 2 is 0.847 bits per heavy atom. The molecule has 0 spiro atoms. The summed E-state index contributed by atoms with van der Waals surface area (Å²) in [6.45, 7) is 4.72. The number of rotatable bonds is 6. The fourth-order valence-corrected chi connectivity index (χ4v) is 8.83. The van der Waals surface area contributed by atoms with Crippen molar-refractivity contribution in [3.05, 3.63) is 211 Å². The van der Waals surface area contributed by atoms with E-state index in [9.17, 15) is 0 Å². The topological polar surface area (TPSA) is 46.8 Å². The van der Waals surface area contributed by atoms with E-state index >= 15 is 0 Å². The average Bonchev–Trinajstić information content (AvgIpc) is 3.62. The maximum absolute atomic E-state index is 5.27. The Hall–Kier alpha value is -7.63. The van der Waals surface area contributed by atoms with Crippen LogP contribution in [-0.2, 0) is 5.41 Å². The number of anilines is 3. The number of aromatic nitrogens is 4. The molecule has 8 aromatic carbocycles. The molecule has 280 valence electrons. The van der Waals surface area contributed by atoms with Crippen molar-refractivity contribution in [3.63, 3.8) is 0 Å². The zero-order valence-electron chi connectivity index (χ0n) is 32.8. The molecule has 0 N–H and O–H groups in total. The van der Waals surface area contributed by atoms with Crippen LogP contribution in [0, 0.1) is 0 Å². The van der Waals surface area contributed by atoms with Gasteiger partial charge in [-0.3, -0.25) is 4.57 Å². The van der Waals surface area contributed by atoms with Gasteiger partial charge in [0.25, 0.3) is 0 Å². The van der Waals surface area contributed by atoms with Crippen molar-refractivity contribution >= 4 is 38.9 Å². The minimum Gasteiger partial charge on any atom is -0.310 e. The second-order valence-corrected chi connectivity index (χ2v) is 15.7. The molecule has 0 aliphatic carbocycles. The Labute approximate surface area is 343 Å². The molecule has 5 heteroatoms. The van der Waals surface area contributed by atoms with Crippen molar-refractivity contribution in [2.24, 2.45) is 0 Å². The second-order valence-electron chi connectivity index (χ2n) is 15.7. The molecule has 0 fully saturated rings. The van der Waals surface area contributed by atoms with E-state index in [4.69, 9.17) is 15.0 Å². The van der Waals surface area contributed by atoms with Gasteiger partial charge in [0.05, 0.1) is 22.4 Å². The predicted molar refractivity (Wildman–Crippen MR) is 243 cm³/mol. The standard InChI is InChI=1S/C54H39N5/c1-54(2)45-33-41(37-20-10-4-11-21-37)29-31-48(45)58(42-26-16-7-17-27-42)50-34-44-43-32-40(36-18-8-3-9-19-36)28-30-47(43)59(49(44)35-46(50)54)53-56-51(38-22-12-5-13-23-38)55-52(57-53)39-24-14-6-15-25-39/h3-35H,1-2H3. The SMILES string of the molecule is CC1(C)c2cc(-c3ccccc3)ccc2N(c2ccccc2)c2cc3c4cc(-c5ccccc5)ccc4n(-c4nc(-c5ccccc5)nc(-c5ccccc5)n4)c3cc21. The number of fused-ring (bicyclic) bond motifs is 5. The Bertz CT molecular complexity index is 3100. The molecule has 0 radical (unpaired) electrons. The molecule has 10 aromatic rings. The first-order valence-electron chi connectivity index (χ1n) is 20.1. The molecule has 1 aliphatic heterocycles. The van der Waals surface area contributed by atoms with Gasteiger partial charge in [0.2, 0.25) is 5.95 Å². The maximum atomic E-state index is 5.27. The summed E-state index contributed by atoms with van der Waals surface area (Å²) in [5.74, 6) is 1.83. The summed E-state index contributed by atoms with van der Waals surface area (Å²) in [7, 11) is 0. The summed E-state index contributed by atoms with van der Waals surface area (Å²) in [6.07, 6.45) is 0. The van der Waals surface area contributed by atoms with E-state index in [0.717, 1.165) is 49.9 Å². The average molecular weight is 758 g/mol. The Kier molecular flexibility index (Phi) is 8.09. The van der Waals surface area contributed by atoms with Gasteiger partial charge < -0.3 is 4.90 Å². The van der Waals surface area contributed by atoms with Crippen LogP contribution in [0.3, 0.4) is 0 Å². The molecule has 1 aliphatic rings. The van der Waals surface area contributed by atoms with Crippen molar-refractivity contribution in [1.29, 1.82) is 0 Å². The van der Waals surface area contributed by atoms with E-state index < -0.39 is 0 Å². The van der Waals surface area contributed by atoms with Crippen LogP contribution in [0.2, 0.25) is 0 Å². The Balaban J connectivity index is 1.23. The number of benzene rings is 8. The lowest BCUT2D eigenvalue weighted by Gasteiger charge is -2.42. The lowest BCUT2D eigenvalue weighted by molar-refractivity contribution is 0.633. The number of nitrogens with zero attached hydrogens (tertiary/aromatic N) is 5. The van der Waals surface area contributed by atoms with Crippen LogP contribution in [0.4, 0.5) is 17.1 Å². The normalized spacial score (nSPS) is 13.0. The van der Waals surface area contributed by atoms with Crippen molar-refractivity contribution in [2.45, 2.75) is 19.3 Å². The summed E-state index contributed by atoms with van der Waals surface area (Å²) in [6, 6.07) is 70.9. The lowest BCUT2D eigenvalue weighted by atomic mass is 9.72. The largest absolute Gasteiger partial charge is 0.310 e. The highest BCUT2D eigenvalue weighted by Gasteiger charge is 2.38. The highest BCUT2D eigenvalue weighted by Crippen LogP contribution is 2.54. The highest BCUT2D eigenvalue weighted by molar-refractivity contribution is 6.12. The zero-order valence-corrected chi connectivity index (χ0v) is 32.8. The fraction of sp³-hybridized carbons (Fsp3) is 0.0556. The first-order chi connectivity index (χ1) is 29.0. The number of para-hydroxylation sites is 1. The Morgan fingerprint density at radius 1 is 0.373 bits per heavy atom. The summed E-state index contributed by atoms with van der Waals surface area (Å²) in [5, 5.41) is 2.25.